The SMILES string of the molecule is COC(C(O)Cc1cccc(F)c1F)C1CC1. The van der Waals surface area contributed by atoms with Crippen LogP contribution in [-0.4, -0.2) is 24.4 Å². The van der Waals surface area contributed by atoms with E-state index in [9.17, 15) is 13.9 Å². The van der Waals surface area contributed by atoms with Crippen molar-refractivity contribution >= 4 is 0 Å². The Kier molecular flexibility index (Phi) is 3.74. The van der Waals surface area contributed by atoms with Gasteiger partial charge in [-0.3, -0.25) is 0 Å². The predicted octanol–water partition coefficient (Wildman–Crippen LogP) is 2.29. The molecular formula is C13H16F2O2. The number of benzene rings is 1. The molecule has 2 nitrogen and oxygen atoms in total. The second-order valence-electron chi connectivity index (χ2n) is 4.52. The van der Waals surface area contributed by atoms with Crippen molar-refractivity contribution in [1.29, 1.82) is 0 Å². The molecule has 2 rings (SSSR count). The standard InChI is InChI=1S/C13H16F2O2/c1-17-13(8-5-6-8)11(16)7-9-3-2-4-10(14)12(9)15/h2-4,8,11,13,16H,5-7H2,1H3. The van der Waals surface area contributed by atoms with Gasteiger partial charge in [-0.1, -0.05) is 12.1 Å². The van der Waals surface area contributed by atoms with Gasteiger partial charge in [0.15, 0.2) is 11.6 Å². The van der Waals surface area contributed by atoms with Gasteiger partial charge >= 0.3 is 0 Å². The Morgan fingerprint density at radius 3 is 2.71 bits per heavy atom. The third kappa shape index (κ3) is 2.82. The van der Waals surface area contributed by atoms with Gasteiger partial charge in [0.25, 0.3) is 0 Å². The van der Waals surface area contributed by atoms with Crippen LogP contribution in [0.15, 0.2) is 18.2 Å². The number of hydrogen-bond acceptors (Lipinski definition) is 2. The van der Waals surface area contributed by atoms with Gasteiger partial charge in [-0.15, -0.1) is 0 Å². The molecular weight excluding hydrogens is 226 g/mol. The minimum absolute atomic E-state index is 0.0819. The molecule has 0 saturated heterocycles. The molecule has 1 aliphatic carbocycles. The second kappa shape index (κ2) is 5.10. The van der Waals surface area contributed by atoms with Crippen molar-refractivity contribution in [1.82, 2.24) is 0 Å². The molecule has 0 amide bonds. The van der Waals surface area contributed by atoms with E-state index in [0.29, 0.717) is 5.92 Å². The van der Waals surface area contributed by atoms with E-state index < -0.39 is 17.7 Å². The summed E-state index contributed by atoms with van der Waals surface area (Å²) in [4.78, 5) is 0. The Balaban J connectivity index is 2.06. The van der Waals surface area contributed by atoms with Crippen LogP contribution < -0.4 is 0 Å². The molecule has 17 heavy (non-hydrogen) atoms. The fraction of sp³-hybridized carbons (Fsp3) is 0.538. The zero-order valence-electron chi connectivity index (χ0n) is 9.70. The van der Waals surface area contributed by atoms with Crippen molar-refractivity contribution in [2.75, 3.05) is 7.11 Å². The third-order valence-corrected chi connectivity index (χ3v) is 3.20. The first-order valence-corrected chi connectivity index (χ1v) is 5.77. The van der Waals surface area contributed by atoms with Crippen LogP contribution in [0.2, 0.25) is 0 Å². The van der Waals surface area contributed by atoms with Crippen LogP contribution >= 0.6 is 0 Å². The van der Waals surface area contributed by atoms with Gasteiger partial charge in [-0.05, 0) is 30.4 Å². The topological polar surface area (TPSA) is 29.5 Å². The molecule has 0 bridgehead atoms. The molecule has 0 aliphatic heterocycles. The van der Waals surface area contributed by atoms with E-state index >= 15 is 0 Å². The van der Waals surface area contributed by atoms with Crippen molar-refractivity contribution in [2.24, 2.45) is 5.92 Å². The highest BCUT2D eigenvalue weighted by Gasteiger charge is 2.36. The molecule has 1 aliphatic rings. The third-order valence-electron chi connectivity index (χ3n) is 3.20. The lowest BCUT2D eigenvalue weighted by Gasteiger charge is -2.21. The van der Waals surface area contributed by atoms with Gasteiger partial charge in [0.05, 0.1) is 12.2 Å². The van der Waals surface area contributed by atoms with Gasteiger partial charge in [-0.25, -0.2) is 8.78 Å². The molecule has 0 spiro atoms. The summed E-state index contributed by atoms with van der Waals surface area (Å²) < 4.78 is 31.6. The average molecular weight is 242 g/mol. The van der Waals surface area contributed by atoms with Gasteiger partial charge in [-0.2, -0.15) is 0 Å². The first-order chi connectivity index (χ1) is 8.13. The summed E-state index contributed by atoms with van der Waals surface area (Å²) in [6, 6.07) is 4.00. The van der Waals surface area contributed by atoms with Crippen LogP contribution in [0.3, 0.4) is 0 Å². The summed E-state index contributed by atoms with van der Waals surface area (Å²) >= 11 is 0. The lowest BCUT2D eigenvalue weighted by Crippen LogP contribution is -2.32. The van der Waals surface area contributed by atoms with Gasteiger partial charge in [0.1, 0.15) is 0 Å². The van der Waals surface area contributed by atoms with Crippen LogP contribution in [0.1, 0.15) is 18.4 Å². The van der Waals surface area contributed by atoms with Crippen LogP contribution in [0.25, 0.3) is 0 Å². The van der Waals surface area contributed by atoms with E-state index in [2.05, 4.69) is 0 Å². The quantitative estimate of drug-likeness (QED) is 0.858. The van der Waals surface area contributed by atoms with Crippen molar-refractivity contribution in [3.05, 3.63) is 35.4 Å². The Hall–Kier alpha value is -1.00. The fourth-order valence-corrected chi connectivity index (χ4v) is 2.14. The summed E-state index contributed by atoms with van der Waals surface area (Å²) in [5.41, 5.74) is 0.195. The number of aliphatic hydroxyl groups is 1. The van der Waals surface area contributed by atoms with Crippen molar-refractivity contribution in [2.45, 2.75) is 31.5 Å². The zero-order chi connectivity index (χ0) is 12.4. The molecule has 1 saturated carbocycles. The predicted molar refractivity (Wildman–Crippen MR) is 59.6 cm³/mol. The van der Waals surface area contributed by atoms with E-state index in [1.807, 2.05) is 0 Å². The Morgan fingerprint density at radius 2 is 2.12 bits per heavy atom. The molecule has 0 heterocycles. The largest absolute Gasteiger partial charge is 0.390 e. The fourth-order valence-electron chi connectivity index (χ4n) is 2.14. The lowest BCUT2D eigenvalue weighted by atomic mass is 10.0. The molecule has 94 valence electrons. The maximum Gasteiger partial charge on any atom is 0.162 e. The van der Waals surface area contributed by atoms with Gasteiger partial charge in [0, 0.05) is 13.5 Å². The minimum Gasteiger partial charge on any atom is -0.390 e. The lowest BCUT2D eigenvalue weighted by molar-refractivity contribution is -0.0241. The number of hydrogen-bond donors (Lipinski definition) is 1. The summed E-state index contributed by atoms with van der Waals surface area (Å²) in [6.07, 6.45) is 1.07. The summed E-state index contributed by atoms with van der Waals surface area (Å²) in [6.45, 7) is 0. The first-order valence-electron chi connectivity index (χ1n) is 5.77. The highest BCUT2D eigenvalue weighted by Crippen LogP contribution is 2.36. The van der Waals surface area contributed by atoms with E-state index in [-0.39, 0.29) is 18.1 Å². The summed E-state index contributed by atoms with van der Waals surface area (Å²) in [7, 11) is 1.54. The van der Waals surface area contributed by atoms with Crippen molar-refractivity contribution in [3.63, 3.8) is 0 Å². The monoisotopic (exact) mass is 242 g/mol. The van der Waals surface area contributed by atoms with E-state index in [1.165, 1.54) is 19.2 Å². The zero-order valence-corrected chi connectivity index (χ0v) is 9.70. The summed E-state index contributed by atoms with van der Waals surface area (Å²) in [5, 5.41) is 9.97. The smallest absolute Gasteiger partial charge is 0.162 e. The summed E-state index contributed by atoms with van der Waals surface area (Å²) in [5.74, 6) is -1.40. The molecule has 1 fully saturated rings. The van der Waals surface area contributed by atoms with Crippen LogP contribution in [0.5, 0.6) is 0 Å². The number of halogens is 2. The van der Waals surface area contributed by atoms with E-state index in [1.54, 1.807) is 0 Å². The normalized spacial score (nSPS) is 19.1. The molecule has 2 unspecified atom stereocenters. The minimum atomic E-state index is -0.880. The van der Waals surface area contributed by atoms with Gasteiger partial charge < -0.3 is 9.84 Å². The second-order valence-corrected chi connectivity index (χ2v) is 4.52. The highest BCUT2D eigenvalue weighted by atomic mass is 19.2. The Labute approximate surface area is 99.2 Å². The van der Waals surface area contributed by atoms with Crippen molar-refractivity contribution < 1.29 is 18.6 Å². The average Bonchev–Trinajstić information content (AvgIpc) is 3.10. The van der Waals surface area contributed by atoms with E-state index in [0.717, 1.165) is 18.9 Å². The highest BCUT2D eigenvalue weighted by molar-refractivity contribution is 5.20. The molecule has 4 heteroatoms. The Bertz CT molecular complexity index is 391. The molecule has 0 aromatic heterocycles. The number of ether oxygens (including phenoxy) is 1. The number of aliphatic hydroxyl groups excluding tert-OH is 1. The van der Waals surface area contributed by atoms with Crippen molar-refractivity contribution in [3.8, 4) is 0 Å². The van der Waals surface area contributed by atoms with Crippen LogP contribution in [0.4, 0.5) is 8.78 Å². The maximum atomic E-state index is 13.4. The molecule has 2 atom stereocenters. The first kappa shape index (κ1) is 12.5. The number of methoxy groups -OCH3 is 1. The van der Waals surface area contributed by atoms with Gasteiger partial charge in [0.2, 0.25) is 0 Å². The Morgan fingerprint density at radius 1 is 1.41 bits per heavy atom. The van der Waals surface area contributed by atoms with E-state index in [4.69, 9.17) is 4.74 Å². The molecule has 0 radical (unpaired) electrons. The number of rotatable bonds is 5. The van der Waals surface area contributed by atoms with Crippen LogP contribution in [0, 0.1) is 17.6 Å². The maximum absolute atomic E-state index is 13.4. The molecule has 1 N–H and O–H groups in total. The molecule has 1 aromatic carbocycles. The molecule has 1 aromatic rings. The van der Waals surface area contributed by atoms with Crippen LogP contribution in [-0.2, 0) is 11.2 Å².